The van der Waals surface area contributed by atoms with Gasteiger partial charge in [0.2, 0.25) is 11.8 Å². The molecule has 0 bridgehead atoms. The van der Waals surface area contributed by atoms with Crippen molar-refractivity contribution in [1.82, 2.24) is 15.5 Å². The summed E-state index contributed by atoms with van der Waals surface area (Å²) in [5.74, 6) is -0.300. The molecular formula is C11H22N4O2. The Kier molecular flexibility index (Phi) is 5.93. The van der Waals surface area contributed by atoms with Gasteiger partial charge in [-0.2, -0.15) is 0 Å². The second kappa shape index (κ2) is 7.24. The van der Waals surface area contributed by atoms with Gasteiger partial charge in [0, 0.05) is 39.1 Å². The van der Waals surface area contributed by atoms with Crippen LogP contribution in [0.1, 0.15) is 19.8 Å². The Hall–Kier alpha value is -1.14. The Morgan fingerprint density at radius 3 is 2.65 bits per heavy atom. The summed E-state index contributed by atoms with van der Waals surface area (Å²) in [7, 11) is 0. The van der Waals surface area contributed by atoms with E-state index in [1.807, 2.05) is 6.92 Å². The van der Waals surface area contributed by atoms with E-state index in [4.69, 9.17) is 5.73 Å². The van der Waals surface area contributed by atoms with Gasteiger partial charge in [-0.25, -0.2) is 0 Å². The van der Waals surface area contributed by atoms with E-state index < -0.39 is 0 Å². The van der Waals surface area contributed by atoms with E-state index >= 15 is 0 Å². The zero-order valence-corrected chi connectivity index (χ0v) is 10.4. The van der Waals surface area contributed by atoms with E-state index in [0.717, 1.165) is 26.2 Å². The van der Waals surface area contributed by atoms with Gasteiger partial charge >= 0.3 is 0 Å². The van der Waals surface area contributed by atoms with Crippen molar-refractivity contribution in [3.05, 3.63) is 0 Å². The zero-order chi connectivity index (χ0) is 12.7. The number of hydrogen-bond acceptors (Lipinski definition) is 4. The van der Waals surface area contributed by atoms with Crippen LogP contribution in [0.4, 0.5) is 0 Å². The molecular weight excluding hydrogens is 220 g/mol. The number of amides is 2. The first-order valence-corrected chi connectivity index (χ1v) is 6.12. The standard InChI is InChI=1S/C11H22N4O2/c1-9(15-7-5-13-6-8-15)11(17)14-4-2-3-10(12)16/h9,13H,2-8H2,1H3,(H2,12,16)(H,14,17). The van der Waals surface area contributed by atoms with E-state index in [0.29, 0.717) is 19.4 Å². The van der Waals surface area contributed by atoms with Gasteiger partial charge < -0.3 is 16.4 Å². The third-order valence-electron chi connectivity index (χ3n) is 2.98. The molecule has 6 heteroatoms. The van der Waals surface area contributed by atoms with Crippen molar-refractivity contribution < 1.29 is 9.59 Å². The number of rotatable bonds is 6. The summed E-state index contributed by atoms with van der Waals surface area (Å²) in [6.07, 6.45) is 0.928. The Morgan fingerprint density at radius 1 is 1.41 bits per heavy atom. The first-order chi connectivity index (χ1) is 8.11. The minimum atomic E-state index is -0.325. The molecule has 0 spiro atoms. The van der Waals surface area contributed by atoms with Crippen molar-refractivity contribution in [3.63, 3.8) is 0 Å². The van der Waals surface area contributed by atoms with E-state index in [9.17, 15) is 9.59 Å². The van der Waals surface area contributed by atoms with Crippen LogP contribution in [0.15, 0.2) is 0 Å². The van der Waals surface area contributed by atoms with Crippen LogP contribution in [0.5, 0.6) is 0 Å². The average Bonchev–Trinajstić information content (AvgIpc) is 2.34. The number of piperazine rings is 1. The largest absolute Gasteiger partial charge is 0.370 e. The Morgan fingerprint density at radius 2 is 2.06 bits per heavy atom. The first-order valence-electron chi connectivity index (χ1n) is 6.12. The summed E-state index contributed by atoms with van der Waals surface area (Å²) in [4.78, 5) is 24.5. The second-order valence-corrected chi connectivity index (χ2v) is 4.32. The minimum Gasteiger partial charge on any atom is -0.370 e. The Balaban J connectivity index is 2.19. The topological polar surface area (TPSA) is 87.5 Å². The van der Waals surface area contributed by atoms with Crippen LogP contribution in [0.25, 0.3) is 0 Å². The van der Waals surface area contributed by atoms with Gasteiger partial charge in [0.05, 0.1) is 6.04 Å². The maximum atomic E-state index is 11.8. The lowest BCUT2D eigenvalue weighted by Crippen LogP contribution is -2.52. The molecule has 0 saturated carbocycles. The van der Waals surface area contributed by atoms with Crippen molar-refractivity contribution >= 4 is 11.8 Å². The predicted molar refractivity (Wildman–Crippen MR) is 65.3 cm³/mol. The zero-order valence-electron chi connectivity index (χ0n) is 10.4. The average molecular weight is 242 g/mol. The van der Waals surface area contributed by atoms with E-state index in [1.54, 1.807) is 0 Å². The normalized spacial score (nSPS) is 18.6. The van der Waals surface area contributed by atoms with Crippen molar-refractivity contribution in [3.8, 4) is 0 Å². The summed E-state index contributed by atoms with van der Waals surface area (Å²) in [6, 6.07) is -0.106. The lowest BCUT2D eigenvalue weighted by atomic mass is 10.2. The highest BCUT2D eigenvalue weighted by molar-refractivity contribution is 5.81. The lowest BCUT2D eigenvalue weighted by molar-refractivity contribution is -0.126. The molecule has 98 valence electrons. The molecule has 1 aliphatic rings. The van der Waals surface area contributed by atoms with Crippen molar-refractivity contribution in [2.24, 2.45) is 5.73 Å². The van der Waals surface area contributed by atoms with E-state index in [2.05, 4.69) is 15.5 Å². The van der Waals surface area contributed by atoms with Crippen LogP contribution < -0.4 is 16.4 Å². The molecule has 1 heterocycles. The third kappa shape index (κ3) is 5.14. The quantitative estimate of drug-likeness (QED) is 0.503. The van der Waals surface area contributed by atoms with Crippen LogP contribution in [0.3, 0.4) is 0 Å². The molecule has 17 heavy (non-hydrogen) atoms. The number of nitrogens with zero attached hydrogens (tertiary/aromatic N) is 1. The fourth-order valence-electron chi connectivity index (χ4n) is 1.86. The van der Waals surface area contributed by atoms with Crippen molar-refractivity contribution in [1.29, 1.82) is 0 Å². The van der Waals surface area contributed by atoms with Gasteiger partial charge in [-0.15, -0.1) is 0 Å². The first kappa shape index (κ1) is 13.9. The molecule has 1 aliphatic heterocycles. The summed E-state index contributed by atoms with van der Waals surface area (Å²) in [5.41, 5.74) is 5.02. The third-order valence-corrected chi connectivity index (χ3v) is 2.98. The van der Waals surface area contributed by atoms with Crippen LogP contribution in [-0.2, 0) is 9.59 Å². The number of carbonyl (C=O) groups excluding carboxylic acids is 2. The Bertz CT molecular complexity index is 264. The summed E-state index contributed by atoms with van der Waals surface area (Å²) in [6.45, 7) is 6.08. The Labute approximate surface area is 102 Å². The monoisotopic (exact) mass is 242 g/mol. The summed E-state index contributed by atoms with van der Waals surface area (Å²) < 4.78 is 0. The van der Waals surface area contributed by atoms with Crippen LogP contribution in [-0.4, -0.2) is 55.5 Å². The lowest BCUT2D eigenvalue weighted by Gasteiger charge is -2.31. The van der Waals surface area contributed by atoms with Crippen molar-refractivity contribution in [2.45, 2.75) is 25.8 Å². The highest BCUT2D eigenvalue weighted by Crippen LogP contribution is 2.01. The smallest absolute Gasteiger partial charge is 0.237 e. The molecule has 6 nitrogen and oxygen atoms in total. The molecule has 0 radical (unpaired) electrons. The second-order valence-electron chi connectivity index (χ2n) is 4.32. The van der Waals surface area contributed by atoms with Crippen LogP contribution in [0, 0.1) is 0 Å². The molecule has 1 rings (SSSR count). The fraction of sp³-hybridized carbons (Fsp3) is 0.818. The predicted octanol–water partition coefficient (Wildman–Crippen LogP) is -1.34. The van der Waals surface area contributed by atoms with Gasteiger partial charge in [0.25, 0.3) is 0 Å². The summed E-state index contributed by atoms with van der Waals surface area (Å²) in [5, 5.41) is 6.07. The molecule has 1 fully saturated rings. The molecule has 1 unspecified atom stereocenters. The number of nitrogens with two attached hydrogens (primary N) is 1. The van der Waals surface area contributed by atoms with Gasteiger partial charge in [-0.3, -0.25) is 14.5 Å². The van der Waals surface area contributed by atoms with Crippen molar-refractivity contribution in [2.75, 3.05) is 32.7 Å². The highest BCUT2D eigenvalue weighted by atomic mass is 16.2. The number of nitrogens with one attached hydrogen (secondary N) is 2. The number of hydrogen-bond donors (Lipinski definition) is 3. The van der Waals surface area contributed by atoms with Gasteiger partial charge in [-0.05, 0) is 13.3 Å². The summed E-state index contributed by atoms with van der Waals surface area (Å²) >= 11 is 0. The van der Waals surface area contributed by atoms with Crippen LogP contribution >= 0.6 is 0 Å². The van der Waals surface area contributed by atoms with E-state index in [1.165, 1.54) is 0 Å². The SMILES string of the molecule is CC(C(=O)NCCCC(N)=O)N1CCNCC1. The molecule has 2 amide bonds. The molecule has 1 saturated heterocycles. The van der Waals surface area contributed by atoms with Gasteiger partial charge in [0.15, 0.2) is 0 Å². The maximum Gasteiger partial charge on any atom is 0.237 e. The molecule has 0 aliphatic carbocycles. The highest BCUT2D eigenvalue weighted by Gasteiger charge is 2.21. The minimum absolute atomic E-state index is 0.0244. The number of carbonyl (C=O) groups is 2. The molecule has 0 aromatic rings. The molecule has 0 aromatic carbocycles. The fourth-order valence-corrected chi connectivity index (χ4v) is 1.86. The van der Waals surface area contributed by atoms with Gasteiger partial charge in [0.1, 0.15) is 0 Å². The molecule has 1 atom stereocenters. The molecule has 0 aromatic heterocycles. The van der Waals surface area contributed by atoms with E-state index in [-0.39, 0.29) is 17.9 Å². The van der Waals surface area contributed by atoms with Crippen LogP contribution in [0.2, 0.25) is 0 Å². The number of primary amides is 1. The maximum absolute atomic E-state index is 11.8. The molecule has 4 N–H and O–H groups in total. The van der Waals surface area contributed by atoms with Gasteiger partial charge in [-0.1, -0.05) is 0 Å².